The molecule has 0 unspecified atom stereocenters. The van der Waals surface area contributed by atoms with E-state index in [1.807, 2.05) is 0 Å². The number of nitrogens with one attached hydrogen (secondary N) is 1. The molecule has 0 aromatic heterocycles. The topological polar surface area (TPSA) is 58.6 Å². The van der Waals surface area contributed by atoms with Crippen molar-refractivity contribution in [1.29, 1.82) is 0 Å². The maximum Gasteiger partial charge on any atom is 0.418 e. The van der Waals surface area contributed by atoms with Crippen LogP contribution >= 0.6 is 11.6 Å². The number of anilines is 1. The van der Waals surface area contributed by atoms with Crippen molar-refractivity contribution in [3.8, 4) is 5.75 Å². The molecule has 1 aliphatic heterocycles. The minimum absolute atomic E-state index is 0.133. The predicted octanol–water partition coefficient (Wildman–Crippen LogP) is 4.92. The van der Waals surface area contributed by atoms with Gasteiger partial charge in [0.1, 0.15) is 23.7 Å². The van der Waals surface area contributed by atoms with Crippen LogP contribution in [0.4, 0.5) is 23.2 Å². The van der Waals surface area contributed by atoms with Crippen LogP contribution in [-0.4, -0.2) is 35.9 Å². The lowest BCUT2D eigenvalue weighted by atomic mass is 10.1. The molecule has 0 saturated heterocycles. The Morgan fingerprint density at radius 3 is 2.58 bits per heavy atom. The second kappa shape index (κ2) is 8.74. The van der Waals surface area contributed by atoms with Gasteiger partial charge >= 0.3 is 6.18 Å². The van der Waals surface area contributed by atoms with Gasteiger partial charge in [-0.05, 0) is 43.7 Å². The summed E-state index contributed by atoms with van der Waals surface area (Å²) in [6, 6.07) is 5.08. The maximum absolute atomic E-state index is 14.5. The quantitative estimate of drug-likeness (QED) is 0.647. The van der Waals surface area contributed by atoms with Gasteiger partial charge in [0.2, 0.25) is 5.91 Å². The van der Waals surface area contributed by atoms with Crippen LogP contribution in [0.5, 0.6) is 5.75 Å². The van der Waals surface area contributed by atoms with Gasteiger partial charge in [0, 0.05) is 17.5 Å². The molecule has 0 spiro atoms. The zero-order valence-corrected chi connectivity index (χ0v) is 17.4. The molecule has 3 rings (SSSR count). The first-order valence-electron chi connectivity index (χ1n) is 9.40. The SMILES string of the molecule is CC(C)N(CC(=O)Nc1ccc(Cl)cc1C(F)(F)F)C(=O)c1c(F)ccc2c1OCC2. The van der Waals surface area contributed by atoms with Crippen LogP contribution in [0, 0.1) is 5.82 Å². The molecule has 5 nitrogen and oxygen atoms in total. The Kier molecular flexibility index (Phi) is 6.45. The molecule has 0 fully saturated rings. The summed E-state index contributed by atoms with van der Waals surface area (Å²) >= 11 is 5.64. The molecule has 2 aromatic rings. The molecule has 166 valence electrons. The second-order valence-corrected chi connectivity index (χ2v) is 7.71. The molecule has 2 aromatic carbocycles. The highest BCUT2D eigenvalue weighted by Crippen LogP contribution is 2.37. The first kappa shape index (κ1) is 22.9. The third kappa shape index (κ3) is 4.92. The molecule has 0 radical (unpaired) electrons. The predicted molar refractivity (Wildman–Crippen MR) is 107 cm³/mol. The minimum atomic E-state index is -4.74. The largest absolute Gasteiger partial charge is 0.492 e. The van der Waals surface area contributed by atoms with Crippen molar-refractivity contribution >= 4 is 29.1 Å². The number of carbonyl (C=O) groups is 2. The van der Waals surface area contributed by atoms with Crippen molar-refractivity contribution in [3.05, 3.63) is 57.9 Å². The van der Waals surface area contributed by atoms with Crippen molar-refractivity contribution < 1.29 is 31.9 Å². The fourth-order valence-electron chi connectivity index (χ4n) is 3.26. The standard InChI is InChI=1S/C21H19ClF4N2O3/c1-11(2)28(20(30)18-15(23)5-3-12-7-8-31-19(12)18)10-17(29)27-16-6-4-13(22)9-14(16)21(24,25)26/h3-6,9,11H,7-8,10H2,1-2H3,(H,27,29). The third-order valence-corrected chi connectivity index (χ3v) is 5.01. The molecular formula is C21H19ClF4N2O3. The molecule has 0 bridgehead atoms. The summed E-state index contributed by atoms with van der Waals surface area (Å²) in [6.07, 6.45) is -4.22. The Morgan fingerprint density at radius 2 is 1.94 bits per heavy atom. The Labute approximate surface area is 180 Å². The number of fused-ring (bicyclic) bond motifs is 1. The third-order valence-electron chi connectivity index (χ3n) is 4.78. The van der Waals surface area contributed by atoms with Gasteiger partial charge in [-0.25, -0.2) is 4.39 Å². The molecule has 1 N–H and O–H groups in total. The van der Waals surface area contributed by atoms with Crippen LogP contribution < -0.4 is 10.1 Å². The summed E-state index contributed by atoms with van der Waals surface area (Å²) in [5.41, 5.74) is -1.22. The number of benzene rings is 2. The van der Waals surface area contributed by atoms with Crippen LogP contribution in [0.15, 0.2) is 30.3 Å². The first-order valence-corrected chi connectivity index (χ1v) is 9.78. The van der Waals surface area contributed by atoms with Crippen molar-refractivity contribution in [2.24, 2.45) is 0 Å². The van der Waals surface area contributed by atoms with Gasteiger partial charge < -0.3 is 15.0 Å². The smallest absolute Gasteiger partial charge is 0.418 e. The van der Waals surface area contributed by atoms with Crippen molar-refractivity contribution in [3.63, 3.8) is 0 Å². The van der Waals surface area contributed by atoms with Crippen molar-refractivity contribution in [2.45, 2.75) is 32.5 Å². The average Bonchev–Trinajstić information content (AvgIpc) is 3.14. The van der Waals surface area contributed by atoms with E-state index in [-0.39, 0.29) is 16.3 Å². The van der Waals surface area contributed by atoms with Crippen LogP contribution in [0.2, 0.25) is 5.02 Å². The summed E-state index contributed by atoms with van der Waals surface area (Å²) in [5, 5.41) is 2.03. The number of rotatable bonds is 5. The number of nitrogens with zero attached hydrogens (tertiary/aromatic N) is 1. The van der Waals surface area contributed by atoms with Gasteiger partial charge in [-0.1, -0.05) is 17.7 Å². The second-order valence-electron chi connectivity index (χ2n) is 7.27. The lowest BCUT2D eigenvalue weighted by Crippen LogP contribution is -2.43. The summed E-state index contributed by atoms with van der Waals surface area (Å²) in [6.45, 7) is 2.94. The van der Waals surface area contributed by atoms with E-state index in [1.165, 1.54) is 12.1 Å². The highest BCUT2D eigenvalue weighted by Gasteiger charge is 2.35. The van der Waals surface area contributed by atoms with E-state index < -0.39 is 47.6 Å². The minimum Gasteiger partial charge on any atom is -0.492 e. The zero-order valence-electron chi connectivity index (χ0n) is 16.6. The molecule has 2 amide bonds. The highest BCUT2D eigenvalue weighted by molar-refractivity contribution is 6.30. The normalized spacial score (nSPS) is 13.0. The van der Waals surface area contributed by atoms with Crippen LogP contribution in [-0.2, 0) is 17.4 Å². The molecule has 1 heterocycles. The number of halogens is 5. The number of carbonyl (C=O) groups excluding carboxylic acids is 2. The lowest BCUT2D eigenvalue weighted by Gasteiger charge is -2.27. The lowest BCUT2D eigenvalue weighted by molar-refractivity contribution is -0.137. The summed E-state index contributed by atoms with van der Waals surface area (Å²) in [5.74, 6) is -2.32. The molecular weight excluding hydrogens is 440 g/mol. The van der Waals surface area contributed by atoms with Gasteiger partial charge in [0.15, 0.2) is 0 Å². The van der Waals surface area contributed by atoms with E-state index in [2.05, 4.69) is 5.32 Å². The molecule has 10 heteroatoms. The number of ether oxygens (including phenoxy) is 1. The number of amides is 2. The molecule has 1 aliphatic rings. The average molecular weight is 459 g/mol. The zero-order chi connectivity index (χ0) is 22.9. The maximum atomic E-state index is 14.5. The Bertz CT molecular complexity index is 1020. The van der Waals surface area contributed by atoms with E-state index in [0.29, 0.717) is 24.7 Å². The monoisotopic (exact) mass is 458 g/mol. The number of hydrogen-bond donors (Lipinski definition) is 1. The van der Waals surface area contributed by atoms with Crippen molar-refractivity contribution in [2.75, 3.05) is 18.5 Å². The summed E-state index contributed by atoms with van der Waals surface area (Å²) in [4.78, 5) is 26.6. The van der Waals surface area contributed by atoms with Crippen LogP contribution in [0.25, 0.3) is 0 Å². The van der Waals surface area contributed by atoms with Crippen LogP contribution in [0.1, 0.15) is 35.3 Å². The highest BCUT2D eigenvalue weighted by atomic mass is 35.5. The molecule has 0 saturated carbocycles. The van der Waals surface area contributed by atoms with Crippen molar-refractivity contribution in [1.82, 2.24) is 4.90 Å². The molecule has 0 atom stereocenters. The van der Waals surface area contributed by atoms with Gasteiger partial charge in [-0.2, -0.15) is 13.2 Å². The fraction of sp³-hybridized carbons (Fsp3) is 0.333. The van der Waals surface area contributed by atoms with E-state index in [9.17, 15) is 27.2 Å². The van der Waals surface area contributed by atoms with Crippen LogP contribution in [0.3, 0.4) is 0 Å². The first-order chi connectivity index (χ1) is 14.5. The van der Waals surface area contributed by atoms with Gasteiger partial charge in [0.25, 0.3) is 5.91 Å². The molecule has 31 heavy (non-hydrogen) atoms. The number of hydrogen-bond acceptors (Lipinski definition) is 3. The van der Waals surface area contributed by atoms with Gasteiger partial charge in [0.05, 0.1) is 17.9 Å². The Morgan fingerprint density at radius 1 is 1.23 bits per heavy atom. The Balaban J connectivity index is 1.85. The Hall–Kier alpha value is -2.81. The fourth-order valence-corrected chi connectivity index (χ4v) is 3.43. The number of alkyl halides is 3. The van der Waals surface area contributed by atoms with E-state index in [0.717, 1.165) is 17.0 Å². The summed E-state index contributed by atoms with van der Waals surface area (Å²) in [7, 11) is 0. The van der Waals surface area contributed by atoms with E-state index in [4.69, 9.17) is 16.3 Å². The molecule has 0 aliphatic carbocycles. The summed E-state index contributed by atoms with van der Waals surface area (Å²) < 4.78 is 59.6. The van der Waals surface area contributed by atoms with E-state index in [1.54, 1.807) is 13.8 Å². The van der Waals surface area contributed by atoms with Gasteiger partial charge in [-0.15, -0.1) is 0 Å². The van der Waals surface area contributed by atoms with Gasteiger partial charge in [-0.3, -0.25) is 9.59 Å². The van der Waals surface area contributed by atoms with E-state index >= 15 is 0 Å².